The number of likely N-dealkylation sites (tertiary alicyclic amines) is 1. The van der Waals surface area contributed by atoms with E-state index in [4.69, 9.17) is 19.9 Å². The number of esters is 1. The predicted octanol–water partition coefficient (Wildman–Crippen LogP) is 6.52. The van der Waals surface area contributed by atoms with Crippen LogP contribution < -0.4 is 10.5 Å². The van der Waals surface area contributed by atoms with Crippen molar-refractivity contribution in [2.75, 3.05) is 32.5 Å². The van der Waals surface area contributed by atoms with E-state index in [-0.39, 0.29) is 30.0 Å². The van der Waals surface area contributed by atoms with Gasteiger partial charge in [-0.15, -0.1) is 0 Å². The topological polar surface area (TPSA) is 104 Å². The minimum Gasteiger partial charge on any atom is -0.485 e. The molecule has 4 aromatic rings. The van der Waals surface area contributed by atoms with Crippen molar-refractivity contribution >= 4 is 28.7 Å². The molecule has 6 rings (SSSR count). The fraction of sp³-hybridized carbons (Fsp3) is 0.343. The van der Waals surface area contributed by atoms with Crippen LogP contribution in [0.5, 0.6) is 5.75 Å². The van der Waals surface area contributed by atoms with Gasteiger partial charge in [-0.1, -0.05) is 42.5 Å². The second kappa shape index (κ2) is 11.6. The number of amides is 1. The third kappa shape index (κ3) is 5.38. The number of nitrogen functional groups attached to an aromatic ring is 1. The van der Waals surface area contributed by atoms with Crippen LogP contribution in [-0.4, -0.2) is 48.8 Å². The highest BCUT2D eigenvalue weighted by Crippen LogP contribution is 2.53. The fourth-order valence-electron chi connectivity index (χ4n) is 6.80. The van der Waals surface area contributed by atoms with Crippen LogP contribution in [0.3, 0.4) is 0 Å². The number of pyridine rings is 1. The SMILES string of the molecule is CCOC(=O)Cc1ccc(C)cc1OC1CC2(CCN(C(=O)OC)CC2)c2ccc(-c3cccc4c(N)nccc34)cc21. The zero-order chi connectivity index (χ0) is 30.1. The van der Waals surface area contributed by atoms with Crippen LogP contribution in [-0.2, 0) is 26.1 Å². The highest BCUT2D eigenvalue weighted by atomic mass is 16.5. The predicted molar refractivity (Wildman–Crippen MR) is 166 cm³/mol. The molecule has 2 N–H and O–H groups in total. The molecule has 0 radical (unpaired) electrons. The van der Waals surface area contributed by atoms with E-state index < -0.39 is 0 Å². The monoisotopic (exact) mass is 579 g/mol. The van der Waals surface area contributed by atoms with E-state index in [9.17, 15) is 9.59 Å². The van der Waals surface area contributed by atoms with E-state index >= 15 is 0 Å². The highest BCUT2D eigenvalue weighted by Gasteiger charge is 2.47. The minimum atomic E-state index is -0.288. The van der Waals surface area contributed by atoms with Gasteiger partial charge < -0.3 is 24.8 Å². The molecule has 1 spiro atoms. The summed E-state index contributed by atoms with van der Waals surface area (Å²) in [5, 5.41) is 1.96. The van der Waals surface area contributed by atoms with Crippen LogP contribution in [0.25, 0.3) is 21.9 Å². The second-order valence-corrected chi connectivity index (χ2v) is 11.5. The van der Waals surface area contributed by atoms with Gasteiger partial charge in [-0.05, 0) is 84.5 Å². The maximum atomic E-state index is 12.4. The molecule has 2 heterocycles. The Labute approximate surface area is 251 Å². The first kappa shape index (κ1) is 28.5. The van der Waals surface area contributed by atoms with Crippen molar-refractivity contribution in [1.82, 2.24) is 9.88 Å². The molecule has 1 fully saturated rings. The first-order valence-electron chi connectivity index (χ1n) is 14.8. The Morgan fingerprint density at radius 2 is 1.86 bits per heavy atom. The standard InChI is InChI=1S/C35H37N3O5/c1-4-42-32(39)20-24-9-8-22(2)18-30(24)43-31-21-35(13-16-38(17-14-35)34(40)41-3)29-11-10-23(19-28(29)31)25-6-5-7-27-26(25)12-15-37-33(27)36/h5-12,15,18-19,31H,4,13-14,16-17,20-21H2,1-3H3,(H2,36,37). The minimum absolute atomic E-state index is 0.138. The van der Waals surface area contributed by atoms with E-state index in [1.165, 1.54) is 12.7 Å². The molecule has 1 atom stereocenters. The third-order valence-electron chi connectivity index (χ3n) is 8.98. The fourth-order valence-corrected chi connectivity index (χ4v) is 6.80. The van der Waals surface area contributed by atoms with Crippen LogP contribution in [0.4, 0.5) is 10.6 Å². The third-order valence-corrected chi connectivity index (χ3v) is 8.98. The number of fused-ring (bicyclic) bond motifs is 3. The van der Waals surface area contributed by atoms with Crippen LogP contribution in [0, 0.1) is 6.92 Å². The van der Waals surface area contributed by atoms with E-state index in [0.29, 0.717) is 31.3 Å². The van der Waals surface area contributed by atoms with Gasteiger partial charge in [0.25, 0.3) is 0 Å². The number of carbonyl (C=O) groups excluding carboxylic acids is 2. The largest absolute Gasteiger partial charge is 0.485 e. The number of hydrogen-bond acceptors (Lipinski definition) is 7. The number of hydrogen-bond donors (Lipinski definition) is 1. The number of nitrogens with zero attached hydrogens (tertiary/aromatic N) is 2. The van der Waals surface area contributed by atoms with Gasteiger partial charge in [0, 0.05) is 35.7 Å². The van der Waals surface area contributed by atoms with Gasteiger partial charge in [0.05, 0.1) is 20.1 Å². The number of nitrogens with two attached hydrogens (primary N) is 1. The molecule has 1 aliphatic heterocycles. The van der Waals surface area contributed by atoms with E-state index in [0.717, 1.165) is 57.9 Å². The summed E-state index contributed by atoms with van der Waals surface area (Å²) < 4.78 is 17.1. The van der Waals surface area contributed by atoms with Crippen molar-refractivity contribution in [3.05, 3.63) is 89.1 Å². The normalized spacial score (nSPS) is 17.1. The summed E-state index contributed by atoms with van der Waals surface area (Å²) in [5.74, 6) is 0.927. The average molecular weight is 580 g/mol. The number of methoxy groups -OCH3 is 1. The van der Waals surface area contributed by atoms with E-state index in [2.05, 4.69) is 29.2 Å². The highest BCUT2D eigenvalue weighted by molar-refractivity contribution is 6.01. The van der Waals surface area contributed by atoms with Crippen LogP contribution >= 0.6 is 0 Å². The molecule has 1 amide bonds. The molecule has 2 aliphatic rings. The Bertz CT molecular complexity index is 1690. The van der Waals surface area contributed by atoms with Crippen molar-refractivity contribution < 1.29 is 23.8 Å². The summed E-state index contributed by atoms with van der Waals surface area (Å²) in [5.41, 5.74) is 12.5. The Kier molecular flexibility index (Phi) is 7.69. The Morgan fingerprint density at radius 3 is 2.63 bits per heavy atom. The molecule has 1 aromatic heterocycles. The Hall–Kier alpha value is -4.59. The summed E-state index contributed by atoms with van der Waals surface area (Å²) in [6, 6.07) is 20.7. The van der Waals surface area contributed by atoms with Crippen molar-refractivity contribution in [3.63, 3.8) is 0 Å². The molecule has 1 saturated heterocycles. The lowest BCUT2D eigenvalue weighted by Gasteiger charge is -2.39. The Balaban J connectivity index is 1.41. The zero-order valence-corrected chi connectivity index (χ0v) is 24.9. The molecule has 43 heavy (non-hydrogen) atoms. The molecule has 0 bridgehead atoms. The molecule has 1 aliphatic carbocycles. The number of rotatable bonds is 6. The number of benzene rings is 3. The molecule has 1 unspecified atom stereocenters. The van der Waals surface area contributed by atoms with Crippen LogP contribution in [0.1, 0.15) is 54.5 Å². The van der Waals surface area contributed by atoms with Crippen LogP contribution in [0.2, 0.25) is 0 Å². The van der Waals surface area contributed by atoms with Crippen molar-refractivity contribution in [3.8, 4) is 16.9 Å². The molecule has 8 heteroatoms. The summed E-state index contributed by atoms with van der Waals surface area (Å²) in [4.78, 5) is 30.8. The Morgan fingerprint density at radius 1 is 1.05 bits per heavy atom. The molecule has 222 valence electrons. The van der Waals surface area contributed by atoms with Crippen molar-refractivity contribution in [1.29, 1.82) is 0 Å². The molecule has 0 saturated carbocycles. The number of carbonyl (C=O) groups is 2. The molecular formula is C35H37N3O5. The van der Waals surface area contributed by atoms with Gasteiger partial charge in [0.2, 0.25) is 0 Å². The summed E-state index contributed by atoms with van der Waals surface area (Å²) in [7, 11) is 1.43. The number of aryl methyl sites for hydroxylation is 1. The van der Waals surface area contributed by atoms with Gasteiger partial charge >= 0.3 is 12.1 Å². The maximum Gasteiger partial charge on any atom is 0.409 e. The van der Waals surface area contributed by atoms with Gasteiger partial charge in [0.1, 0.15) is 17.7 Å². The quantitative estimate of drug-likeness (QED) is 0.259. The van der Waals surface area contributed by atoms with E-state index in [1.807, 2.05) is 50.2 Å². The summed E-state index contributed by atoms with van der Waals surface area (Å²) in [6.45, 7) is 5.40. The lowest BCUT2D eigenvalue weighted by atomic mass is 9.73. The van der Waals surface area contributed by atoms with Gasteiger partial charge in [-0.2, -0.15) is 0 Å². The molecule has 8 nitrogen and oxygen atoms in total. The van der Waals surface area contributed by atoms with Crippen molar-refractivity contribution in [2.45, 2.75) is 51.0 Å². The first-order valence-corrected chi connectivity index (χ1v) is 14.8. The van der Waals surface area contributed by atoms with Gasteiger partial charge in [-0.3, -0.25) is 4.79 Å². The summed E-state index contributed by atoms with van der Waals surface area (Å²) >= 11 is 0. The number of aromatic nitrogens is 1. The van der Waals surface area contributed by atoms with Crippen molar-refractivity contribution in [2.24, 2.45) is 0 Å². The molecular weight excluding hydrogens is 542 g/mol. The van der Waals surface area contributed by atoms with Gasteiger partial charge in [-0.25, -0.2) is 9.78 Å². The smallest absolute Gasteiger partial charge is 0.409 e. The second-order valence-electron chi connectivity index (χ2n) is 11.5. The number of piperidine rings is 1. The summed E-state index contributed by atoms with van der Waals surface area (Å²) in [6.07, 6.45) is 3.78. The molecule has 3 aromatic carbocycles. The van der Waals surface area contributed by atoms with Crippen LogP contribution in [0.15, 0.2) is 66.9 Å². The lowest BCUT2D eigenvalue weighted by molar-refractivity contribution is -0.142. The maximum absolute atomic E-state index is 12.4. The number of anilines is 1. The zero-order valence-electron chi connectivity index (χ0n) is 24.9. The van der Waals surface area contributed by atoms with Gasteiger partial charge in [0.15, 0.2) is 0 Å². The number of ether oxygens (including phenoxy) is 3. The average Bonchev–Trinajstić information content (AvgIpc) is 3.30. The first-order chi connectivity index (χ1) is 20.8. The lowest BCUT2D eigenvalue weighted by Crippen LogP contribution is -2.44. The van der Waals surface area contributed by atoms with E-state index in [1.54, 1.807) is 11.1 Å².